The lowest BCUT2D eigenvalue weighted by atomic mass is 10.1. The predicted octanol–water partition coefficient (Wildman–Crippen LogP) is 3.38. The van der Waals surface area contributed by atoms with Gasteiger partial charge < -0.3 is 10.1 Å². The Bertz CT molecular complexity index is 366. The molecule has 0 heterocycles. The van der Waals surface area contributed by atoms with Crippen molar-refractivity contribution < 1.29 is 9.53 Å². The van der Waals surface area contributed by atoms with E-state index in [0.29, 0.717) is 16.7 Å². The first-order valence-electron chi connectivity index (χ1n) is 5.73. The minimum absolute atomic E-state index is 0.0560. The van der Waals surface area contributed by atoms with Gasteiger partial charge in [0.15, 0.2) is 6.29 Å². The molecule has 0 aliphatic carbocycles. The number of anilines is 1. The van der Waals surface area contributed by atoms with Gasteiger partial charge in [-0.3, -0.25) is 4.79 Å². The summed E-state index contributed by atoms with van der Waals surface area (Å²) >= 11 is 5.93. The van der Waals surface area contributed by atoms with Crippen molar-refractivity contribution in [2.75, 3.05) is 18.5 Å². The highest BCUT2D eigenvalue weighted by Gasteiger charge is 2.04. The fourth-order valence-electron chi connectivity index (χ4n) is 1.39. The van der Waals surface area contributed by atoms with E-state index in [9.17, 15) is 4.79 Å². The zero-order valence-electron chi connectivity index (χ0n) is 10.2. The molecule has 0 aliphatic rings. The van der Waals surface area contributed by atoms with Crippen LogP contribution in [0.1, 0.15) is 20.3 Å². The molecule has 1 aromatic carbocycles. The van der Waals surface area contributed by atoms with Gasteiger partial charge in [0.25, 0.3) is 0 Å². The van der Waals surface area contributed by atoms with E-state index < -0.39 is 0 Å². The van der Waals surface area contributed by atoms with E-state index in [1.54, 1.807) is 12.1 Å². The van der Waals surface area contributed by atoms with Crippen molar-refractivity contribution in [3.05, 3.63) is 23.2 Å². The summed E-state index contributed by atoms with van der Waals surface area (Å²) < 4.78 is 5.31. The Morgan fingerprint density at radius 2 is 2.24 bits per heavy atom. The van der Waals surface area contributed by atoms with E-state index in [4.69, 9.17) is 16.3 Å². The number of hydrogen-bond donors (Lipinski definition) is 1. The zero-order valence-corrected chi connectivity index (χ0v) is 11.0. The topological polar surface area (TPSA) is 38.3 Å². The van der Waals surface area contributed by atoms with Crippen LogP contribution < -0.4 is 10.1 Å². The molecule has 0 aromatic heterocycles. The summed E-state index contributed by atoms with van der Waals surface area (Å²) in [6.07, 6.45) is 1.80. The maximum Gasteiger partial charge on any atom is 0.157 e. The molecule has 0 aliphatic heterocycles. The number of benzene rings is 1. The Hall–Kier alpha value is -1.22. The van der Waals surface area contributed by atoms with Crippen LogP contribution in [0, 0.1) is 5.92 Å². The summed E-state index contributed by atoms with van der Waals surface area (Å²) in [6.45, 7) is 5.25. The lowest BCUT2D eigenvalue weighted by Crippen LogP contribution is -2.07. The Labute approximate surface area is 107 Å². The van der Waals surface area contributed by atoms with Gasteiger partial charge in [-0.25, -0.2) is 0 Å². The Morgan fingerprint density at radius 1 is 1.47 bits per heavy atom. The van der Waals surface area contributed by atoms with Gasteiger partial charge in [-0.1, -0.05) is 25.4 Å². The van der Waals surface area contributed by atoms with Crippen molar-refractivity contribution in [3.63, 3.8) is 0 Å². The van der Waals surface area contributed by atoms with Gasteiger partial charge in [-0.2, -0.15) is 0 Å². The van der Waals surface area contributed by atoms with E-state index in [1.165, 1.54) is 0 Å². The van der Waals surface area contributed by atoms with Gasteiger partial charge >= 0.3 is 0 Å². The molecule has 4 heteroatoms. The number of rotatable bonds is 7. The molecular formula is C13H18ClNO2. The van der Waals surface area contributed by atoms with Crippen LogP contribution in [0.15, 0.2) is 18.2 Å². The first-order chi connectivity index (χ1) is 8.13. The molecule has 1 aromatic rings. The van der Waals surface area contributed by atoms with Crippen molar-refractivity contribution in [1.29, 1.82) is 0 Å². The zero-order chi connectivity index (χ0) is 12.7. The molecule has 0 atom stereocenters. The lowest BCUT2D eigenvalue weighted by molar-refractivity contribution is -0.109. The van der Waals surface area contributed by atoms with Crippen LogP contribution in [0.25, 0.3) is 0 Å². The highest BCUT2D eigenvalue weighted by Crippen LogP contribution is 2.28. The van der Waals surface area contributed by atoms with Crippen molar-refractivity contribution >= 4 is 23.6 Å². The molecule has 1 N–H and O–H groups in total. The standard InChI is InChI=1S/C13H18ClNO2/c1-10(2)5-6-15-12-9-11(14)3-4-13(12)17-8-7-16/h3-4,7,9-10,15H,5-6,8H2,1-2H3. The van der Waals surface area contributed by atoms with Crippen molar-refractivity contribution in [3.8, 4) is 5.75 Å². The third-order valence-corrected chi connectivity index (χ3v) is 2.52. The molecule has 3 nitrogen and oxygen atoms in total. The quantitative estimate of drug-likeness (QED) is 0.759. The van der Waals surface area contributed by atoms with Crippen LogP contribution in [0.5, 0.6) is 5.75 Å². The molecule has 17 heavy (non-hydrogen) atoms. The summed E-state index contributed by atoms with van der Waals surface area (Å²) in [6, 6.07) is 5.32. The van der Waals surface area contributed by atoms with E-state index in [-0.39, 0.29) is 6.61 Å². The van der Waals surface area contributed by atoms with Gasteiger partial charge in [0.05, 0.1) is 5.69 Å². The first kappa shape index (κ1) is 13.8. The monoisotopic (exact) mass is 255 g/mol. The molecule has 1 rings (SSSR count). The van der Waals surface area contributed by atoms with Crippen LogP contribution in [-0.2, 0) is 4.79 Å². The number of carbonyl (C=O) groups is 1. The predicted molar refractivity (Wildman–Crippen MR) is 71.0 cm³/mol. The number of halogens is 1. The van der Waals surface area contributed by atoms with Crippen molar-refractivity contribution in [2.45, 2.75) is 20.3 Å². The van der Waals surface area contributed by atoms with Crippen LogP contribution in [0.3, 0.4) is 0 Å². The highest BCUT2D eigenvalue weighted by atomic mass is 35.5. The van der Waals surface area contributed by atoms with E-state index in [2.05, 4.69) is 19.2 Å². The maximum absolute atomic E-state index is 10.3. The Balaban J connectivity index is 2.65. The SMILES string of the molecule is CC(C)CCNc1cc(Cl)ccc1OCC=O. The van der Waals surface area contributed by atoms with E-state index in [0.717, 1.165) is 24.9 Å². The molecule has 0 unspecified atom stereocenters. The minimum atomic E-state index is 0.0560. The van der Waals surface area contributed by atoms with Gasteiger partial charge in [0, 0.05) is 11.6 Å². The molecule has 0 spiro atoms. The van der Waals surface area contributed by atoms with Crippen LogP contribution in [0.2, 0.25) is 5.02 Å². The normalized spacial score (nSPS) is 10.4. The molecule has 0 saturated carbocycles. The second kappa shape index (κ2) is 7.17. The van der Waals surface area contributed by atoms with Gasteiger partial charge in [-0.05, 0) is 30.5 Å². The Morgan fingerprint density at radius 3 is 2.88 bits per heavy atom. The summed E-state index contributed by atoms with van der Waals surface area (Å²) in [5.41, 5.74) is 0.833. The van der Waals surface area contributed by atoms with Crippen molar-refractivity contribution in [1.82, 2.24) is 0 Å². The molecule has 0 bridgehead atoms. The Kier molecular flexibility index (Phi) is 5.84. The van der Waals surface area contributed by atoms with E-state index in [1.807, 2.05) is 6.07 Å². The number of ether oxygens (including phenoxy) is 1. The minimum Gasteiger partial charge on any atom is -0.484 e. The number of nitrogens with one attached hydrogen (secondary N) is 1. The number of aldehydes is 1. The van der Waals surface area contributed by atoms with E-state index >= 15 is 0 Å². The molecule has 0 amide bonds. The van der Waals surface area contributed by atoms with Gasteiger partial charge in [-0.15, -0.1) is 0 Å². The first-order valence-corrected chi connectivity index (χ1v) is 6.11. The van der Waals surface area contributed by atoms with Gasteiger partial charge in [0.1, 0.15) is 12.4 Å². The largest absolute Gasteiger partial charge is 0.484 e. The summed E-state index contributed by atoms with van der Waals surface area (Å²) in [4.78, 5) is 10.3. The summed E-state index contributed by atoms with van der Waals surface area (Å²) in [7, 11) is 0. The molecule has 0 fully saturated rings. The maximum atomic E-state index is 10.3. The van der Waals surface area contributed by atoms with Crippen LogP contribution in [-0.4, -0.2) is 19.4 Å². The average molecular weight is 256 g/mol. The second-order valence-corrected chi connectivity index (χ2v) is 4.66. The number of hydrogen-bond acceptors (Lipinski definition) is 3. The second-order valence-electron chi connectivity index (χ2n) is 4.23. The molecule has 0 radical (unpaired) electrons. The fourth-order valence-corrected chi connectivity index (χ4v) is 1.56. The smallest absolute Gasteiger partial charge is 0.157 e. The average Bonchev–Trinajstić information content (AvgIpc) is 2.27. The van der Waals surface area contributed by atoms with Crippen LogP contribution in [0.4, 0.5) is 5.69 Å². The third kappa shape index (κ3) is 5.09. The fraction of sp³-hybridized carbons (Fsp3) is 0.462. The molecule has 94 valence electrons. The summed E-state index contributed by atoms with van der Waals surface area (Å²) in [5, 5.41) is 3.92. The van der Waals surface area contributed by atoms with Crippen LogP contribution >= 0.6 is 11.6 Å². The molecular weight excluding hydrogens is 238 g/mol. The third-order valence-electron chi connectivity index (χ3n) is 2.29. The lowest BCUT2D eigenvalue weighted by Gasteiger charge is -2.13. The molecule has 0 saturated heterocycles. The number of carbonyl (C=O) groups excluding carboxylic acids is 1. The highest BCUT2D eigenvalue weighted by molar-refractivity contribution is 6.30. The summed E-state index contributed by atoms with van der Waals surface area (Å²) in [5.74, 6) is 1.30. The van der Waals surface area contributed by atoms with Crippen molar-refractivity contribution in [2.24, 2.45) is 5.92 Å². The van der Waals surface area contributed by atoms with Gasteiger partial charge in [0.2, 0.25) is 0 Å².